The zero-order valence-electron chi connectivity index (χ0n) is 14.6. The quantitative estimate of drug-likeness (QED) is 0.660. The predicted molar refractivity (Wildman–Crippen MR) is 102 cm³/mol. The molecule has 0 unspecified atom stereocenters. The van der Waals surface area contributed by atoms with Crippen molar-refractivity contribution in [1.82, 2.24) is 4.72 Å². The molecule has 0 aliphatic rings. The number of methoxy groups -OCH3 is 2. The fraction of sp³-hybridized carbons (Fsp3) is 0.278. The van der Waals surface area contributed by atoms with Gasteiger partial charge in [-0.3, -0.25) is 0 Å². The third-order valence-electron chi connectivity index (χ3n) is 3.60. The minimum absolute atomic E-state index is 0.120. The van der Waals surface area contributed by atoms with E-state index in [1.54, 1.807) is 23.9 Å². The summed E-state index contributed by atoms with van der Waals surface area (Å²) in [4.78, 5) is 0.120. The van der Waals surface area contributed by atoms with Gasteiger partial charge >= 0.3 is 0 Å². The Hall–Kier alpha value is -2.21. The van der Waals surface area contributed by atoms with Gasteiger partial charge in [-0.2, -0.15) is 17.0 Å². The highest BCUT2D eigenvalue weighted by Crippen LogP contribution is 2.29. The monoisotopic (exact) mass is 392 g/mol. The van der Waals surface area contributed by atoms with Gasteiger partial charge in [-0.05, 0) is 23.8 Å². The van der Waals surface area contributed by atoms with Crippen molar-refractivity contribution in [3.63, 3.8) is 0 Å². The number of ether oxygens (including phenoxy) is 2. The van der Waals surface area contributed by atoms with Gasteiger partial charge in [-0.25, -0.2) is 13.1 Å². The fourth-order valence-corrected chi connectivity index (χ4v) is 4.29. The number of nitrogens with zero attached hydrogens (tertiary/aromatic N) is 1. The Morgan fingerprint density at radius 2 is 1.85 bits per heavy atom. The van der Waals surface area contributed by atoms with E-state index in [2.05, 4.69) is 10.8 Å². The van der Waals surface area contributed by atoms with Crippen LogP contribution < -0.4 is 14.2 Å². The topological polar surface area (TPSA) is 88.4 Å². The van der Waals surface area contributed by atoms with Gasteiger partial charge in [0.05, 0.1) is 30.7 Å². The molecule has 0 heterocycles. The molecule has 2 aromatic carbocycles. The lowest BCUT2D eigenvalue weighted by Gasteiger charge is -2.11. The summed E-state index contributed by atoms with van der Waals surface area (Å²) in [7, 11) is -0.679. The van der Waals surface area contributed by atoms with Crippen LogP contribution in [0.2, 0.25) is 0 Å². The van der Waals surface area contributed by atoms with E-state index in [1.165, 1.54) is 26.4 Å². The Balaban J connectivity index is 1.90. The number of sulfonamides is 1. The van der Waals surface area contributed by atoms with E-state index in [0.717, 1.165) is 5.56 Å². The van der Waals surface area contributed by atoms with Gasteiger partial charge < -0.3 is 9.47 Å². The Morgan fingerprint density at radius 1 is 1.12 bits per heavy atom. The third kappa shape index (κ3) is 5.14. The van der Waals surface area contributed by atoms with Crippen molar-refractivity contribution in [2.24, 2.45) is 0 Å². The largest absolute Gasteiger partial charge is 0.493 e. The second-order valence-corrected chi connectivity index (χ2v) is 8.11. The van der Waals surface area contributed by atoms with Crippen molar-refractivity contribution in [1.29, 1.82) is 5.26 Å². The molecule has 6 nitrogen and oxygen atoms in total. The summed E-state index contributed by atoms with van der Waals surface area (Å²) in [6.07, 6.45) is 0. The van der Waals surface area contributed by atoms with Crippen LogP contribution in [0.1, 0.15) is 11.1 Å². The normalized spacial score (nSPS) is 11.0. The molecule has 8 heteroatoms. The zero-order valence-corrected chi connectivity index (χ0v) is 16.2. The van der Waals surface area contributed by atoms with Gasteiger partial charge in [-0.1, -0.05) is 18.2 Å². The summed E-state index contributed by atoms with van der Waals surface area (Å²) in [6, 6.07) is 14.0. The van der Waals surface area contributed by atoms with Crippen LogP contribution in [0.25, 0.3) is 0 Å². The van der Waals surface area contributed by atoms with Gasteiger partial charge in [0.2, 0.25) is 10.0 Å². The zero-order chi connectivity index (χ0) is 19.0. The molecule has 0 aliphatic carbocycles. The summed E-state index contributed by atoms with van der Waals surface area (Å²) >= 11 is 1.56. The summed E-state index contributed by atoms with van der Waals surface area (Å²) in [5.74, 6) is 2.07. The number of nitrogens with one attached hydrogen (secondary N) is 1. The molecule has 0 bridgehead atoms. The van der Waals surface area contributed by atoms with Crippen molar-refractivity contribution in [3.8, 4) is 17.6 Å². The lowest BCUT2D eigenvalue weighted by molar-refractivity contribution is 0.354. The minimum Gasteiger partial charge on any atom is -0.493 e. The Morgan fingerprint density at radius 3 is 2.54 bits per heavy atom. The van der Waals surface area contributed by atoms with E-state index in [-0.39, 0.29) is 11.4 Å². The smallest absolute Gasteiger partial charge is 0.240 e. The number of nitriles is 1. The summed E-state index contributed by atoms with van der Waals surface area (Å²) in [5.41, 5.74) is 1.59. The van der Waals surface area contributed by atoms with Crippen molar-refractivity contribution in [2.45, 2.75) is 10.6 Å². The summed E-state index contributed by atoms with van der Waals surface area (Å²) in [5, 5.41) is 9.06. The molecule has 0 atom stereocenters. The molecule has 0 saturated carbocycles. The summed E-state index contributed by atoms with van der Waals surface area (Å²) in [6.45, 7) is 0.288. The molecule has 0 spiro atoms. The van der Waals surface area contributed by atoms with Crippen molar-refractivity contribution in [3.05, 3.63) is 53.6 Å². The maximum Gasteiger partial charge on any atom is 0.240 e. The Kier molecular flexibility index (Phi) is 7.33. The fourth-order valence-electron chi connectivity index (χ4n) is 2.25. The van der Waals surface area contributed by atoms with Crippen molar-refractivity contribution >= 4 is 21.8 Å². The minimum atomic E-state index is -3.63. The molecule has 0 amide bonds. The average molecular weight is 393 g/mol. The number of thioether (sulfide) groups is 1. The van der Waals surface area contributed by atoms with E-state index in [0.29, 0.717) is 28.6 Å². The highest BCUT2D eigenvalue weighted by Gasteiger charge is 2.16. The molecule has 2 rings (SSSR count). The maximum absolute atomic E-state index is 12.4. The van der Waals surface area contributed by atoms with E-state index in [1.807, 2.05) is 18.2 Å². The summed E-state index contributed by atoms with van der Waals surface area (Å²) < 4.78 is 37.6. The van der Waals surface area contributed by atoms with Crippen molar-refractivity contribution < 1.29 is 17.9 Å². The molecule has 138 valence electrons. The Bertz CT molecular complexity index is 892. The molecule has 26 heavy (non-hydrogen) atoms. The second kappa shape index (κ2) is 9.48. The molecular formula is C18H20N2O4S2. The maximum atomic E-state index is 12.4. The molecule has 2 aromatic rings. The number of hydrogen-bond acceptors (Lipinski definition) is 6. The van der Waals surface area contributed by atoms with Gasteiger partial charge in [0.25, 0.3) is 0 Å². The van der Waals surface area contributed by atoms with Crippen LogP contribution in [0.4, 0.5) is 0 Å². The Labute approximate surface area is 158 Å². The van der Waals surface area contributed by atoms with Crippen molar-refractivity contribution in [2.75, 3.05) is 26.5 Å². The molecule has 0 aromatic heterocycles. The van der Waals surface area contributed by atoms with Crippen LogP contribution in [-0.2, 0) is 15.8 Å². The van der Waals surface area contributed by atoms with Crippen LogP contribution in [0.3, 0.4) is 0 Å². The lowest BCUT2D eigenvalue weighted by Crippen LogP contribution is -2.26. The molecule has 1 N–H and O–H groups in total. The highest BCUT2D eigenvalue weighted by atomic mass is 32.2. The number of hydrogen-bond donors (Lipinski definition) is 1. The van der Waals surface area contributed by atoms with Crippen LogP contribution in [-0.4, -0.2) is 34.9 Å². The highest BCUT2D eigenvalue weighted by molar-refractivity contribution is 7.98. The number of benzene rings is 2. The average Bonchev–Trinajstić information content (AvgIpc) is 2.67. The van der Waals surface area contributed by atoms with Crippen LogP contribution in [0.15, 0.2) is 47.4 Å². The molecule has 0 aliphatic heterocycles. The van der Waals surface area contributed by atoms with Gasteiger partial charge in [-0.15, -0.1) is 0 Å². The van der Waals surface area contributed by atoms with E-state index in [9.17, 15) is 8.42 Å². The van der Waals surface area contributed by atoms with Gasteiger partial charge in [0.15, 0.2) is 11.5 Å². The predicted octanol–water partition coefficient (Wildman–Crippen LogP) is 2.79. The van der Waals surface area contributed by atoms with Crippen LogP contribution >= 0.6 is 11.8 Å². The van der Waals surface area contributed by atoms with E-state index < -0.39 is 10.0 Å². The van der Waals surface area contributed by atoms with Crippen LogP contribution in [0.5, 0.6) is 11.5 Å². The first-order valence-corrected chi connectivity index (χ1v) is 10.4. The first-order valence-electron chi connectivity index (χ1n) is 7.79. The first-order chi connectivity index (χ1) is 12.5. The third-order valence-corrected chi connectivity index (χ3v) is 6.07. The van der Waals surface area contributed by atoms with E-state index >= 15 is 0 Å². The molecular weight excluding hydrogens is 372 g/mol. The van der Waals surface area contributed by atoms with E-state index in [4.69, 9.17) is 14.7 Å². The van der Waals surface area contributed by atoms with Gasteiger partial charge in [0.1, 0.15) is 0 Å². The van der Waals surface area contributed by atoms with Gasteiger partial charge in [0, 0.05) is 24.1 Å². The number of rotatable bonds is 9. The molecule has 0 fully saturated rings. The van der Waals surface area contributed by atoms with Crippen LogP contribution in [0, 0.1) is 11.3 Å². The second-order valence-electron chi connectivity index (χ2n) is 5.24. The molecule has 0 saturated heterocycles. The first kappa shape index (κ1) is 20.1. The SMILES string of the molecule is COc1ccc(S(=O)(=O)NCCSCc2ccccc2C#N)cc1OC. The molecule has 0 radical (unpaired) electrons. The standard InChI is InChI=1S/C18H20N2O4S2/c1-23-17-8-7-16(11-18(17)24-2)26(21,22)20-9-10-25-13-15-6-4-3-5-14(15)12-19/h3-8,11,20H,9-10,13H2,1-2H3. The lowest BCUT2D eigenvalue weighted by atomic mass is 10.1.